The lowest BCUT2D eigenvalue weighted by atomic mass is 9.85. The first-order valence-corrected chi connectivity index (χ1v) is 9.47. The van der Waals surface area contributed by atoms with Crippen molar-refractivity contribution < 1.29 is 23.9 Å². The third-order valence-electron chi connectivity index (χ3n) is 5.18. The van der Waals surface area contributed by atoms with Gasteiger partial charge in [0.05, 0.1) is 24.3 Å². The summed E-state index contributed by atoms with van der Waals surface area (Å²) >= 11 is 0. The minimum absolute atomic E-state index is 0.00840. The Morgan fingerprint density at radius 2 is 1.71 bits per heavy atom. The molecule has 0 saturated carbocycles. The normalized spacial score (nSPS) is 22.0. The number of amides is 3. The lowest BCUT2D eigenvalue weighted by Crippen LogP contribution is -2.34. The first-order valence-electron chi connectivity index (χ1n) is 9.47. The fraction of sp³-hybridized carbons (Fsp3) is 0.429. The van der Waals surface area contributed by atoms with Gasteiger partial charge in [-0.3, -0.25) is 24.1 Å². The van der Waals surface area contributed by atoms with Gasteiger partial charge in [0.15, 0.2) is 6.61 Å². The van der Waals surface area contributed by atoms with E-state index in [0.29, 0.717) is 12.8 Å². The second-order valence-corrected chi connectivity index (χ2v) is 7.09. The number of rotatable bonds is 7. The smallest absolute Gasteiger partial charge is 0.308 e. The van der Waals surface area contributed by atoms with Crippen LogP contribution in [0.2, 0.25) is 0 Å². The van der Waals surface area contributed by atoms with Crippen LogP contribution in [0.25, 0.3) is 0 Å². The molecule has 0 radical (unpaired) electrons. The molecule has 7 nitrogen and oxygen atoms in total. The number of hydrogen-bond acceptors (Lipinski definition) is 5. The maximum atomic E-state index is 12.3. The van der Waals surface area contributed by atoms with Crippen molar-refractivity contribution in [2.24, 2.45) is 11.8 Å². The molecule has 3 atom stereocenters. The summed E-state index contributed by atoms with van der Waals surface area (Å²) < 4.78 is 4.98. The zero-order chi connectivity index (χ0) is 20.1. The Bertz CT molecular complexity index is 763. The summed E-state index contributed by atoms with van der Waals surface area (Å²) in [4.78, 5) is 49.7. The summed E-state index contributed by atoms with van der Waals surface area (Å²) in [5.41, 5.74) is 0.948. The topological polar surface area (TPSA) is 92.8 Å². The van der Waals surface area contributed by atoms with Crippen molar-refractivity contribution in [3.63, 3.8) is 0 Å². The average molecular weight is 384 g/mol. The van der Waals surface area contributed by atoms with Gasteiger partial charge in [-0.1, -0.05) is 42.5 Å². The quantitative estimate of drug-likeness (QED) is 0.439. The molecule has 0 spiro atoms. The van der Waals surface area contributed by atoms with E-state index in [2.05, 4.69) is 5.32 Å². The van der Waals surface area contributed by atoms with Crippen LogP contribution < -0.4 is 5.32 Å². The van der Waals surface area contributed by atoms with E-state index in [1.54, 1.807) is 0 Å². The van der Waals surface area contributed by atoms with Crippen molar-refractivity contribution in [1.82, 2.24) is 10.2 Å². The van der Waals surface area contributed by atoms with Crippen LogP contribution in [0.15, 0.2) is 42.5 Å². The number of carbonyl (C=O) groups is 4. The second-order valence-electron chi connectivity index (χ2n) is 7.09. The van der Waals surface area contributed by atoms with Crippen LogP contribution in [-0.4, -0.2) is 41.7 Å². The van der Waals surface area contributed by atoms with E-state index in [4.69, 9.17) is 4.74 Å². The molecule has 1 saturated heterocycles. The molecule has 1 heterocycles. The zero-order valence-corrected chi connectivity index (χ0v) is 15.8. The Hall–Kier alpha value is -2.96. The highest BCUT2D eigenvalue weighted by Gasteiger charge is 2.46. The molecular weight excluding hydrogens is 360 g/mol. The lowest BCUT2D eigenvalue weighted by Gasteiger charge is -2.15. The minimum Gasteiger partial charge on any atom is -0.456 e. The van der Waals surface area contributed by atoms with Gasteiger partial charge in [0.2, 0.25) is 11.8 Å². The second kappa shape index (κ2) is 8.82. The van der Waals surface area contributed by atoms with Crippen molar-refractivity contribution in [3.05, 3.63) is 48.0 Å². The third-order valence-corrected chi connectivity index (χ3v) is 5.18. The maximum absolute atomic E-state index is 12.3. The molecule has 0 bridgehead atoms. The number of nitrogens with zero attached hydrogens (tertiary/aromatic N) is 1. The number of likely N-dealkylation sites (tertiary alicyclic amines) is 1. The van der Waals surface area contributed by atoms with E-state index >= 15 is 0 Å². The average Bonchev–Trinajstić information content (AvgIpc) is 2.96. The van der Waals surface area contributed by atoms with Gasteiger partial charge in [0, 0.05) is 6.54 Å². The summed E-state index contributed by atoms with van der Waals surface area (Å²) in [6.07, 6.45) is 4.84. The van der Waals surface area contributed by atoms with E-state index < -0.39 is 18.5 Å². The Morgan fingerprint density at radius 1 is 1.11 bits per heavy atom. The standard InChI is InChI=1S/C21H24N2O5/c1-14(15-7-3-2-4-8-15)22-18(24)13-28-19(25)11-12-23-20(26)16-9-5-6-10-17(16)21(23)27/h2-8,14,16-17H,9-13H2,1H3,(H,22,24)/t14-,16-,17+/m1/s1. The predicted octanol–water partition coefficient (Wildman–Crippen LogP) is 1.75. The summed E-state index contributed by atoms with van der Waals surface area (Å²) in [6, 6.07) is 9.24. The molecule has 7 heteroatoms. The number of fused-ring (bicyclic) bond motifs is 1. The highest BCUT2D eigenvalue weighted by atomic mass is 16.5. The summed E-state index contributed by atoms with van der Waals surface area (Å²) in [6.45, 7) is 1.44. The van der Waals surface area contributed by atoms with Crippen LogP contribution in [0.5, 0.6) is 0 Å². The zero-order valence-electron chi connectivity index (χ0n) is 15.8. The van der Waals surface area contributed by atoms with Crippen molar-refractivity contribution >= 4 is 23.7 Å². The highest BCUT2D eigenvalue weighted by Crippen LogP contribution is 2.34. The Balaban J connectivity index is 1.40. The van der Waals surface area contributed by atoms with Gasteiger partial charge in [0.1, 0.15) is 0 Å². The van der Waals surface area contributed by atoms with Crippen LogP contribution >= 0.6 is 0 Å². The molecule has 1 aliphatic carbocycles. The van der Waals surface area contributed by atoms with Gasteiger partial charge in [-0.25, -0.2) is 0 Å². The summed E-state index contributed by atoms with van der Waals surface area (Å²) in [5, 5.41) is 2.75. The number of hydrogen-bond donors (Lipinski definition) is 1. The van der Waals surface area contributed by atoms with Crippen LogP contribution in [0.1, 0.15) is 37.8 Å². The molecule has 1 fully saturated rings. The fourth-order valence-electron chi connectivity index (χ4n) is 3.62. The lowest BCUT2D eigenvalue weighted by molar-refractivity contribution is -0.150. The van der Waals surface area contributed by atoms with Crippen molar-refractivity contribution in [3.8, 4) is 0 Å². The molecule has 2 aliphatic rings. The van der Waals surface area contributed by atoms with Crippen molar-refractivity contribution in [2.75, 3.05) is 13.2 Å². The van der Waals surface area contributed by atoms with Crippen LogP contribution in [-0.2, 0) is 23.9 Å². The molecule has 1 N–H and O–H groups in total. The molecule has 3 rings (SSSR count). The Labute approximate surface area is 163 Å². The summed E-state index contributed by atoms with van der Waals surface area (Å²) in [7, 11) is 0. The van der Waals surface area contributed by atoms with Gasteiger partial charge in [-0.2, -0.15) is 0 Å². The molecular formula is C21H24N2O5. The Morgan fingerprint density at radius 3 is 2.32 bits per heavy atom. The number of esters is 1. The van der Waals surface area contributed by atoms with E-state index in [0.717, 1.165) is 10.5 Å². The Kier molecular flexibility index (Phi) is 6.23. The van der Waals surface area contributed by atoms with Gasteiger partial charge >= 0.3 is 5.97 Å². The molecule has 28 heavy (non-hydrogen) atoms. The minimum atomic E-state index is -0.615. The van der Waals surface area contributed by atoms with Gasteiger partial charge in [-0.15, -0.1) is 0 Å². The SMILES string of the molecule is C[C@@H](NC(=O)COC(=O)CCN1C(=O)[C@H]2CC=CC[C@H]2C1=O)c1ccccc1. The number of carbonyl (C=O) groups excluding carboxylic acids is 4. The van der Waals surface area contributed by atoms with E-state index in [-0.39, 0.29) is 42.7 Å². The first-order chi connectivity index (χ1) is 13.5. The predicted molar refractivity (Wildman–Crippen MR) is 101 cm³/mol. The number of imide groups is 1. The molecule has 1 aromatic carbocycles. The van der Waals surface area contributed by atoms with E-state index in [1.807, 2.05) is 49.4 Å². The van der Waals surface area contributed by atoms with Crippen LogP contribution in [0.3, 0.4) is 0 Å². The molecule has 0 aromatic heterocycles. The van der Waals surface area contributed by atoms with Gasteiger partial charge in [0.25, 0.3) is 5.91 Å². The van der Waals surface area contributed by atoms with Crippen molar-refractivity contribution in [2.45, 2.75) is 32.2 Å². The molecule has 0 unspecified atom stereocenters. The molecule has 1 aromatic rings. The number of allylic oxidation sites excluding steroid dienone is 2. The molecule has 1 aliphatic heterocycles. The fourth-order valence-corrected chi connectivity index (χ4v) is 3.62. The molecule has 3 amide bonds. The monoisotopic (exact) mass is 384 g/mol. The van der Waals surface area contributed by atoms with E-state index in [9.17, 15) is 19.2 Å². The number of benzene rings is 1. The van der Waals surface area contributed by atoms with E-state index in [1.165, 1.54) is 0 Å². The largest absolute Gasteiger partial charge is 0.456 e. The summed E-state index contributed by atoms with van der Waals surface area (Å²) in [5.74, 6) is -2.08. The van der Waals surface area contributed by atoms with Gasteiger partial charge < -0.3 is 10.1 Å². The number of nitrogens with one attached hydrogen (secondary N) is 1. The first kappa shape index (κ1) is 19.8. The molecule has 148 valence electrons. The van der Waals surface area contributed by atoms with Gasteiger partial charge in [-0.05, 0) is 25.3 Å². The van der Waals surface area contributed by atoms with Crippen LogP contribution in [0.4, 0.5) is 0 Å². The van der Waals surface area contributed by atoms with Crippen molar-refractivity contribution in [1.29, 1.82) is 0 Å². The highest BCUT2D eigenvalue weighted by molar-refractivity contribution is 6.05. The third kappa shape index (κ3) is 4.47. The van der Waals surface area contributed by atoms with Crippen LogP contribution in [0, 0.1) is 11.8 Å². The maximum Gasteiger partial charge on any atom is 0.308 e. The number of ether oxygens (including phenoxy) is 1.